The van der Waals surface area contributed by atoms with Gasteiger partial charge < -0.3 is 4.57 Å². The second kappa shape index (κ2) is 9.46. The largest absolute Gasteiger partial charge is 0.341 e. The summed E-state index contributed by atoms with van der Waals surface area (Å²) < 4.78 is 11.2. The predicted octanol–water partition coefficient (Wildman–Crippen LogP) is 9.33. The van der Waals surface area contributed by atoms with E-state index in [0.29, 0.717) is 0 Å². The van der Waals surface area contributed by atoms with Gasteiger partial charge in [0.25, 0.3) is 0 Å². The van der Waals surface area contributed by atoms with Gasteiger partial charge in [0.05, 0.1) is 12.9 Å². The first kappa shape index (κ1) is 24.5. The summed E-state index contributed by atoms with van der Waals surface area (Å²) in [7, 11) is -2.17. The number of nitrogens with zero attached hydrogens (tertiary/aromatic N) is 3. The zero-order chi connectivity index (χ0) is 25.6. The van der Waals surface area contributed by atoms with Crippen molar-refractivity contribution in [3.05, 3.63) is 84.9 Å². The number of hydrogen-bond donors (Lipinski definition) is 0. The Bertz CT molecular complexity index is 1640. The molecule has 1 saturated heterocycles. The molecule has 2 heterocycles. The average Bonchev–Trinajstić information content (AvgIpc) is 3.24. The third kappa shape index (κ3) is 3.95. The number of aromatic nitrogens is 1. The zero-order valence-electron chi connectivity index (χ0n) is 22.6. The van der Waals surface area contributed by atoms with Crippen LogP contribution in [0.5, 0.6) is 0 Å². The molecule has 4 heteroatoms. The summed E-state index contributed by atoms with van der Waals surface area (Å²) in [4.78, 5) is 0. The molecule has 0 saturated carbocycles. The molecule has 1 aliphatic rings. The Morgan fingerprint density at radius 2 is 1.41 bits per heavy atom. The van der Waals surface area contributed by atoms with Crippen molar-refractivity contribution in [2.24, 2.45) is 4.74 Å². The van der Waals surface area contributed by atoms with Crippen molar-refractivity contribution in [3.8, 4) is 0 Å². The highest BCUT2D eigenvalue weighted by Gasteiger charge is 2.42. The van der Waals surface area contributed by atoms with Gasteiger partial charge in [-0.05, 0) is 55.5 Å². The van der Waals surface area contributed by atoms with Crippen LogP contribution >= 0.6 is 7.21 Å². The lowest BCUT2D eigenvalue weighted by Crippen LogP contribution is -2.39. The Hall–Kier alpha value is -2.87. The van der Waals surface area contributed by atoms with Gasteiger partial charge in [-0.15, -0.1) is 0 Å². The molecule has 4 aromatic carbocycles. The van der Waals surface area contributed by atoms with Crippen molar-refractivity contribution in [2.45, 2.75) is 58.7 Å². The highest BCUT2D eigenvalue weighted by Crippen LogP contribution is 2.65. The van der Waals surface area contributed by atoms with E-state index in [1.807, 2.05) is 0 Å². The van der Waals surface area contributed by atoms with E-state index in [1.165, 1.54) is 57.1 Å². The molecule has 0 bridgehead atoms. The van der Waals surface area contributed by atoms with Gasteiger partial charge in [-0.2, -0.15) is 0 Å². The van der Waals surface area contributed by atoms with Crippen LogP contribution in [0.3, 0.4) is 0 Å². The molecule has 0 N–H and O–H groups in total. The SMILES string of the molecule is CCn1c2ccccc2c2cc([P@](=Nc3cccc4ccccc34)(N3CCCCC3)C(C)(C)C)ccc21. The fourth-order valence-corrected chi connectivity index (χ4v) is 10.9. The summed E-state index contributed by atoms with van der Waals surface area (Å²) in [5.74, 6) is 0. The number of rotatable bonds is 4. The number of hydrogen-bond acceptors (Lipinski definition) is 1. The summed E-state index contributed by atoms with van der Waals surface area (Å²) in [5.41, 5.74) is 3.77. The maximum Gasteiger partial charge on any atom is 0.0720 e. The van der Waals surface area contributed by atoms with E-state index in [-0.39, 0.29) is 5.16 Å². The molecule has 0 radical (unpaired) electrons. The van der Waals surface area contributed by atoms with E-state index in [0.717, 1.165) is 25.3 Å². The number of piperidine rings is 1. The Balaban J connectivity index is 1.71. The van der Waals surface area contributed by atoms with Crippen LogP contribution in [0.2, 0.25) is 0 Å². The van der Waals surface area contributed by atoms with Crippen LogP contribution in [0, 0.1) is 0 Å². The topological polar surface area (TPSA) is 20.5 Å². The number of aryl methyl sites for hydroxylation is 1. The normalized spacial score (nSPS) is 16.9. The molecule has 0 spiro atoms. The third-order valence-electron chi connectivity index (χ3n) is 8.13. The number of benzene rings is 4. The molecule has 190 valence electrons. The fraction of sp³-hybridized carbons (Fsp3) is 0.333. The predicted molar refractivity (Wildman–Crippen MR) is 163 cm³/mol. The summed E-state index contributed by atoms with van der Waals surface area (Å²) in [5, 5.41) is 6.60. The lowest BCUT2D eigenvalue weighted by atomic mass is 10.1. The number of fused-ring (bicyclic) bond motifs is 4. The van der Waals surface area contributed by atoms with E-state index in [4.69, 9.17) is 4.74 Å². The third-order valence-corrected chi connectivity index (χ3v) is 12.7. The monoisotopic (exact) mass is 507 g/mol. The first-order valence-electron chi connectivity index (χ1n) is 13.8. The molecule has 1 fully saturated rings. The minimum absolute atomic E-state index is 0.0158. The van der Waals surface area contributed by atoms with E-state index in [9.17, 15) is 0 Å². The van der Waals surface area contributed by atoms with E-state index < -0.39 is 7.21 Å². The Morgan fingerprint density at radius 1 is 0.730 bits per heavy atom. The summed E-state index contributed by atoms with van der Waals surface area (Å²) in [6, 6.07) is 31.5. The summed E-state index contributed by atoms with van der Waals surface area (Å²) in [6.45, 7) is 12.7. The molecule has 0 amide bonds. The maximum absolute atomic E-state index is 5.93. The molecular formula is C33H38N3P. The summed E-state index contributed by atoms with van der Waals surface area (Å²) in [6.07, 6.45) is 3.82. The molecule has 1 aliphatic heterocycles. The van der Waals surface area contributed by atoms with Crippen LogP contribution in [0.4, 0.5) is 5.69 Å². The zero-order valence-corrected chi connectivity index (χ0v) is 23.5. The average molecular weight is 508 g/mol. The second-order valence-electron chi connectivity index (χ2n) is 11.3. The molecule has 0 unspecified atom stereocenters. The van der Waals surface area contributed by atoms with Gasteiger partial charge >= 0.3 is 0 Å². The quantitative estimate of drug-likeness (QED) is 0.222. The van der Waals surface area contributed by atoms with Gasteiger partial charge in [-0.3, -0.25) is 4.67 Å². The van der Waals surface area contributed by atoms with Crippen molar-refractivity contribution < 1.29 is 0 Å². The van der Waals surface area contributed by atoms with Crippen molar-refractivity contribution in [1.82, 2.24) is 9.24 Å². The smallest absolute Gasteiger partial charge is 0.0720 e. The van der Waals surface area contributed by atoms with Crippen LogP contribution in [-0.4, -0.2) is 27.5 Å². The van der Waals surface area contributed by atoms with Crippen molar-refractivity contribution in [2.75, 3.05) is 13.1 Å². The van der Waals surface area contributed by atoms with E-state index in [1.54, 1.807) is 0 Å². The fourth-order valence-electron chi connectivity index (χ4n) is 6.44. The van der Waals surface area contributed by atoms with Crippen molar-refractivity contribution in [1.29, 1.82) is 0 Å². The van der Waals surface area contributed by atoms with Gasteiger partial charge in [0.2, 0.25) is 0 Å². The van der Waals surface area contributed by atoms with E-state index >= 15 is 0 Å². The van der Waals surface area contributed by atoms with Crippen LogP contribution in [0.1, 0.15) is 47.0 Å². The van der Waals surface area contributed by atoms with Gasteiger partial charge in [0, 0.05) is 57.3 Å². The second-order valence-corrected chi connectivity index (χ2v) is 15.2. The lowest BCUT2D eigenvalue weighted by molar-refractivity contribution is 0.361. The Kier molecular flexibility index (Phi) is 6.25. The van der Waals surface area contributed by atoms with Crippen molar-refractivity contribution in [3.63, 3.8) is 0 Å². The molecule has 1 aromatic heterocycles. The number of para-hydroxylation sites is 1. The molecule has 6 rings (SSSR count). The minimum atomic E-state index is -2.17. The molecule has 1 atom stereocenters. The van der Waals surface area contributed by atoms with Crippen molar-refractivity contribution >= 4 is 50.8 Å². The molecule has 5 aromatic rings. The van der Waals surface area contributed by atoms with Crippen LogP contribution < -0.4 is 5.30 Å². The van der Waals surface area contributed by atoms with Gasteiger partial charge in [-0.25, -0.2) is 4.74 Å². The summed E-state index contributed by atoms with van der Waals surface area (Å²) >= 11 is 0. The first-order chi connectivity index (χ1) is 17.9. The van der Waals surface area contributed by atoms with E-state index in [2.05, 4.69) is 122 Å². The molecule has 3 nitrogen and oxygen atoms in total. The molecule has 0 aliphatic carbocycles. The lowest BCUT2D eigenvalue weighted by Gasteiger charge is -2.47. The maximum atomic E-state index is 5.93. The highest BCUT2D eigenvalue weighted by atomic mass is 31.2. The Labute approximate surface area is 221 Å². The minimum Gasteiger partial charge on any atom is -0.341 e. The first-order valence-corrected chi connectivity index (χ1v) is 15.5. The van der Waals surface area contributed by atoms with Crippen LogP contribution in [-0.2, 0) is 6.54 Å². The van der Waals surface area contributed by atoms with Gasteiger partial charge in [0.1, 0.15) is 0 Å². The highest BCUT2D eigenvalue weighted by molar-refractivity contribution is 7.73. The Morgan fingerprint density at radius 3 is 2.16 bits per heavy atom. The standard InChI is InChI=1S/C33H38N3P/c1-5-36-31-19-10-9-17-28(31)29-24-26(20-21-32(29)36)37(33(2,3)4,35-22-11-6-12-23-35)34-30-18-13-15-25-14-7-8-16-27(25)30/h7-10,13-21,24H,5-6,11-12,22-23H2,1-4H3/t37-/m0/s1. The van der Waals surface area contributed by atoms with Gasteiger partial charge in [0.15, 0.2) is 0 Å². The van der Waals surface area contributed by atoms with Gasteiger partial charge in [-0.1, -0.05) is 81.8 Å². The molecular weight excluding hydrogens is 469 g/mol. The van der Waals surface area contributed by atoms with Crippen LogP contribution in [0.15, 0.2) is 89.7 Å². The molecule has 37 heavy (non-hydrogen) atoms. The van der Waals surface area contributed by atoms with Crippen LogP contribution in [0.25, 0.3) is 32.6 Å².